The van der Waals surface area contributed by atoms with Crippen LogP contribution in [0.1, 0.15) is 84.0 Å². The molecule has 0 aliphatic carbocycles. The molecule has 0 amide bonds. The lowest BCUT2D eigenvalue weighted by Gasteiger charge is -2.13. The standard InChI is InChI=1S/C18H34O7S/c1-2-3-4-5-6-7-8-9-10-11-18(19)23-14-16-12-13-17(25-16)15-24-26(20,21)22/h16-17H,2-15H2,1H3,(H,20,21,22). The molecule has 1 aliphatic heterocycles. The highest BCUT2D eigenvalue weighted by Gasteiger charge is 2.27. The zero-order valence-corrected chi connectivity index (χ0v) is 16.7. The summed E-state index contributed by atoms with van der Waals surface area (Å²) in [6.45, 7) is 2.18. The summed E-state index contributed by atoms with van der Waals surface area (Å²) in [6.07, 6.45) is 11.9. The van der Waals surface area contributed by atoms with Crippen LogP contribution < -0.4 is 0 Å². The Kier molecular flexibility index (Phi) is 12.1. The predicted molar refractivity (Wildman–Crippen MR) is 98.2 cm³/mol. The quantitative estimate of drug-likeness (QED) is 0.256. The molecule has 2 unspecified atom stereocenters. The zero-order valence-electron chi connectivity index (χ0n) is 15.9. The third kappa shape index (κ3) is 12.6. The fourth-order valence-electron chi connectivity index (χ4n) is 3.03. The Morgan fingerprint density at radius 3 is 2.08 bits per heavy atom. The number of hydrogen-bond acceptors (Lipinski definition) is 6. The van der Waals surface area contributed by atoms with Crippen LogP contribution in [0.2, 0.25) is 0 Å². The van der Waals surface area contributed by atoms with Crippen LogP contribution in [0.25, 0.3) is 0 Å². The van der Waals surface area contributed by atoms with Gasteiger partial charge in [-0.2, -0.15) is 8.42 Å². The molecule has 1 fully saturated rings. The zero-order chi connectivity index (χ0) is 19.3. The first-order valence-corrected chi connectivity index (χ1v) is 11.2. The first-order valence-electron chi connectivity index (χ1n) is 9.83. The third-order valence-corrected chi connectivity index (χ3v) is 4.95. The van der Waals surface area contributed by atoms with Crippen molar-refractivity contribution in [2.24, 2.45) is 0 Å². The number of hydrogen-bond donors (Lipinski definition) is 1. The second-order valence-electron chi connectivity index (χ2n) is 6.93. The van der Waals surface area contributed by atoms with Crippen LogP contribution in [0.4, 0.5) is 0 Å². The van der Waals surface area contributed by atoms with Crippen LogP contribution in [-0.4, -0.2) is 44.4 Å². The molecule has 8 heteroatoms. The Labute approximate surface area is 157 Å². The van der Waals surface area contributed by atoms with Gasteiger partial charge in [0.25, 0.3) is 0 Å². The smallest absolute Gasteiger partial charge is 0.397 e. The summed E-state index contributed by atoms with van der Waals surface area (Å²) in [5, 5.41) is 0. The Bertz CT molecular complexity index is 478. The van der Waals surface area contributed by atoms with Crippen LogP contribution in [0, 0.1) is 0 Å². The van der Waals surface area contributed by atoms with E-state index < -0.39 is 16.5 Å². The van der Waals surface area contributed by atoms with Gasteiger partial charge in [0.1, 0.15) is 6.61 Å². The van der Waals surface area contributed by atoms with Gasteiger partial charge < -0.3 is 9.47 Å². The molecule has 1 saturated heterocycles. The molecule has 0 radical (unpaired) electrons. The summed E-state index contributed by atoms with van der Waals surface area (Å²) < 4.78 is 44.6. The van der Waals surface area contributed by atoms with E-state index in [9.17, 15) is 13.2 Å². The number of esters is 1. The summed E-state index contributed by atoms with van der Waals surface area (Å²) in [7, 11) is -4.44. The second kappa shape index (κ2) is 13.5. The summed E-state index contributed by atoms with van der Waals surface area (Å²) in [5.41, 5.74) is 0. The van der Waals surface area contributed by atoms with E-state index in [1.807, 2.05) is 0 Å². The van der Waals surface area contributed by atoms with Crippen molar-refractivity contribution in [2.75, 3.05) is 13.2 Å². The molecule has 0 saturated carbocycles. The van der Waals surface area contributed by atoms with Crippen molar-refractivity contribution in [3.63, 3.8) is 0 Å². The van der Waals surface area contributed by atoms with Crippen LogP contribution >= 0.6 is 0 Å². The average molecular weight is 395 g/mol. The number of carbonyl (C=O) groups excluding carboxylic acids is 1. The van der Waals surface area contributed by atoms with Crippen LogP contribution in [0.5, 0.6) is 0 Å². The Hall–Kier alpha value is -0.700. The molecule has 154 valence electrons. The van der Waals surface area contributed by atoms with Gasteiger partial charge in [-0.15, -0.1) is 0 Å². The van der Waals surface area contributed by atoms with Crippen LogP contribution in [0.3, 0.4) is 0 Å². The summed E-state index contributed by atoms with van der Waals surface area (Å²) >= 11 is 0. The normalized spacial score (nSPS) is 20.4. The molecule has 26 heavy (non-hydrogen) atoms. The molecule has 7 nitrogen and oxygen atoms in total. The molecule has 0 spiro atoms. The van der Waals surface area contributed by atoms with E-state index in [0.717, 1.165) is 12.8 Å². The van der Waals surface area contributed by atoms with E-state index in [2.05, 4.69) is 11.1 Å². The van der Waals surface area contributed by atoms with Crippen molar-refractivity contribution in [3.05, 3.63) is 0 Å². The van der Waals surface area contributed by atoms with Crippen LogP contribution in [-0.2, 0) is 28.9 Å². The Morgan fingerprint density at radius 1 is 0.962 bits per heavy atom. The van der Waals surface area contributed by atoms with E-state index in [4.69, 9.17) is 14.0 Å². The van der Waals surface area contributed by atoms with E-state index in [1.54, 1.807) is 0 Å². The number of carbonyl (C=O) groups is 1. The van der Waals surface area contributed by atoms with E-state index in [0.29, 0.717) is 19.3 Å². The maximum atomic E-state index is 11.7. The molecule has 1 rings (SSSR count). The maximum absolute atomic E-state index is 11.7. The largest absolute Gasteiger partial charge is 0.463 e. The van der Waals surface area contributed by atoms with E-state index >= 15 is 0 Å². The Morgan fingerprint density at radius 2 is 1.50 bits per heavy atom. The number of unbranched alkanes of at least 4 members (excludes halogenated alkanes) is 8. The van der Waals surface area contributed by atoms with Crippen molar-refractivity contribution in [2.45, 2.75) is 96.2 Å². The number of ether oxygens (including phenoxy) is 2. The lowest BCUT2D eigenvalue weighted by atomic mass is 10.1. The highest BCUT2D eigenvalue weighted by molar-refractivity contribution is 7.80. The monoisotopic (exact) mass is 394 g/mol. The van der Waals surface area contributed by atoms with E-state index in [1.165, 1.54) is 44.9 Å². The van der Waals surface area contributed by atoms with Gasteiger partial charge in [-0.1, -0.05) is 58.3 Å². The average Bonchev–Trinajstić information content (AvgIpc) is 3.04. The fraction of sp³-hybridized carbons (Fsp3) is 0.944. The molecular formula is C18H34O7S. The van der Waals surface area contributed by atoms with Crippen molar-refractivity contribution in [1.29, 1.82) is 0 Å². The molecule has 1 aliphatic rings. The van der Waals surface area contributed by atoms with Crippen molar-refractivity contribution >= 4 is 16.4 Å². The molecule has 2 atom stereocenters. The second-order valence-corrected chi connectivity index (χ2v) is 8.02. The highest BCUT2D eigenvalue weighted by Crippen LogP contribution is 2.21. The molecule has 1 heterocycles. The summed E-state index contributed by atoms with van der Waals surface area (Å²) in [5.74, 6) is -0.214. The topological polar surface area (TPSA) is 99.1 Å². The first-order chi connectivity index (χ1) is 12.4. The molecule has 1 N–H and O–H groups in total. The fourth-order valence-corrected chi connectivity index (χ4v) is 3.35. The van der Waals surface area contributed by atoms with Gasteiger partial charge in [-0.05, 0) is 19.3 Å². The SMILES string of the molecule is CCCCCCCCCCCC(=O)OCC1CCC(COS(=O)(=O)O)O1. The molecule has 0 aromatic heterocycles. The summed E-state index contributed by atoms with van der Waals surface area (Å²) in [4.78, 5) is 11.7. The molecule has 0 aromatic carbocycles. The van der Waals surface area contributed by atoms with Gasteiger partial charge in [0.05, 0.1) is 18.8 Å². The van der Waals surface area contributed by atoms with Crippen molar-refractivity contribution in [3.8, 4) is 0 Å². The highest BCUT2D eigenvalue weighted by atomic mass is 32.3. The van der Waals surface area contributed by atoms with Gasteiger partial charge in [0, 0.05) is 6.42 Å². The van der Waals surface area contributed by atoms with Gasteiger partial charge in [0.15, 0.2) is 0 Å². The van der Waals surface area contributed by atoms with Gasteiger partial charge >= 0.3 is 16.4 Å². The van der Waals surface area contributed by atoms with Gasteiger partial charge in [-0.3, -0.25) is 9.35 Å². The van der Waals surface area contributed by atoms with Crippen molar-refractivity contribution in [1.82, 2.24) is 0 Å². The maximum Gasteiger partial charge on any atom is 0.397 e. The molecule has 0 aromatic rings. The minimum Gasteiger partial charge on any atom is -0.463 e. The van der Waals surface area contributed by atoms with Crippen molar-refractivity contribution < 1.29 is 31.4 Å². The lowest BCUT2D eigenvalue weighted by Crippen LogP contribution is -2.22. The minimum atomic E-state index is -4.44. The lowest BCUT2D eigenvalue weighted by molar-refractivity contribution is -0.147. The van der Waals surface area contributed by atoms with Crippen LogP contribution in [0.15, 0.2) is 0 Å². The predicted octanol–water partition coefficient (Wildman–Crippen LogP) is 3.82. The molecular weight excluding hydrogens is 360 g/mol. The van der Waals surface area contributed by atoms with Gasteiger partial charge in [-0.25, -0.2) is 4.18 Å². The van der Waals surface area contributed by atoms with E-state index in [-0.39, 0.29) is 25.3 Å². The summed E-state index contributed by atoms with van der Waals surface area (Å²) in [6, 6.07) is 0. The Balaban J connectivity index is 1.95. The first kappa shape index (κ1) is 23.3. The third-order valence-electron chi connectivity index (χ3n) is 4.51. The molecule has 0 bridgehead atoms. The number of rotatable bonds is 15. The minimum absolute atomic E-state index is 0.179. The van der Waals surface area contributed by atoms with Gasteiger partial charge in [0.2, 0.25) is 0 Å².